The van der Waals surface area contributed by atoms with Crippen molar-refractivity contribution in [3.63, 3.8) is 0 Å². The van der Waals surface area contributed by atoms with E-state index < -0.39 is 0 Å². The molecule has 0 aromatic rings. The van der Waals surface area contributed by atoms with Crippen LogP contribution in [0, 0.1) is 0 Å². The number of nitrogens with two attached hydrogens (primary N) is 2. The Bertz CT molecular complexity index is 37.8. The van der Waals surface area contributed by atoms with Gasteiger partial charge in [-0.25, -0.2) is 0 Å². The molecule has 0 radical (unpaired) electrons. The predicted molar refractivity (Wildman–Crippen MR) is 61.9 cm³/mol. The Hall–Kier alpha value is 1.72. The molecule has 0 bridgehead atoms. The molecule has 0 saturated carbocycles. The molecular formula is C4H26Cl2N6Pt2+4. The van der Waals surface area contributed by atoms with Crippen LogP contribution in [0.3, 0.4) is 0 Å². The van der Waals surface area contributed by atoms with Gasteiger partial charge < -0.3 is 36.1 Å². The quantitative estimate of drug-likeness (QED) is 0.257. The predicted octanol–water partition coefficient (Wildman–Crippen LogP) is 1.17. The summed E-state index contributed by atoms with van der Waals surface area (Å²) in [6.45, 7) is 1.55. The summed E-state index contributed by atoms with van der Waals surface area (Å²) in [6.07, 6.45) is 2.13. The summed E-state index contributed by atoms with van der Waals surface area (Å²) in [5.74, 6) is 0. The summed E-state index contributed by atoms with van der Waals surface area (Å²) in [6, 6.07) is 0. The summed E-state index contributed by atoms with van der Waals surface area (Å²) >= 11 is 0. The Labute approximate surface area is 128 Å². The summed E-state index contributed by atoms with van der Waals surface area (Å²) in [5.41, 5.74) is 10.3. The maximum Gasteiger partial charge on any atom is 2.00 e. The average Bonchev–Trinajstić information content (AvgIpc) is 1.61. The number of halogens is 2. The Morgan fingerprint density at radius 2 is 0.714 bits per heavy atom. The van der Waals surface area contributed by atoms with E-state index >= 15 is 0 Å². The van der Waals surface area contributed by atoms with Gasteiger partial charge in [0.2, 0.25) is 0 Å². The SMILES string of the molecule is Cl.Cl.N.N.N.N.NCCCCN.[Pt+2].[Pt+2]. The number of rotatable bonds is 3. The van der Waals surface area contributed by atoms with Crippen molar-refractivity contribution in [2.24, 2.45) is 11.5 Å². The van der Waals surface area contributed by atoms with Crippen molar-refractivity contribution in [3.8, 4) is 0 Å². The minimum atomic E-state index is 0. The number of hydrogen-bond acceptors (Lipinski definition) is 6. The first-order valence-corrected chi connectivity index (χ1v) is 2.32. The Balaban J connectivity index is -0.00000000446. The largest absolute Gasteiger partial charge is 2.00 e. The molecule has 0 aromatic carbocycles. The third-order valence-corrected chi connectivity index (χ3v) is 0.658. The van der Waals surface area contributed by atoms with Gasteiger partial charge in [-0.2, -0.15) is 0 Å². The fourth-order valence-corrected chi connectivity index (χ4v) is 0.289. The summed E-state index contributed by atoms with van der Waals surface area (Å²) < 4.78 is 0. The molecule has 0 saturated heterocycles. The van der Waals surface area contributed by atoms with E-state index in [1.807, 2.05) is 0 Å². The van der Waals surface area contributed by atoms with Crippen LogP contribution in [0.1, 0.15) is 12.8 Å². The molecule has 0 aliphatic rings. The van der Waals surface area contributed by atoms with Gasteiger partial charge in [0, 0.05) is 0 Å². The molecule has 16 N–H and O–H groups in total. The molecule has 0 aromatic heterocycles. The van der Waals surface area contributed by atoms with E-state index in [4.69, 9.17) is 11.5 Å². The molecule has 0 aliphatic heterocycles. The molecule has 0 heterocycles. The molecule has 6 nitrogen and oxygen atoms in total. The van der Waals surface area contributed by atoms with Crippen molar-refractivity contribution < 1.29 is 42.1 Å². The Kier molecular flexibility index (Phi) is 457. The molecule has 102 valence electrons. The van der Waals surface area contributed by atoms with Crippen molar-refractivity contribution >= 4 is 24.8 Å². The van der Waals surface area contributed by atoms with Crippen molar-refractivity contribution in [2.75, 3.05) is 13.1 Å². The fourth-order valence-electron chi connectivity index (χ4n) is 0.289. The molecule has 0 fully saturated rings. The molecule has 0 atom stereocenters. The van der Waals surface area contributed by atoms with Crippen LogP contribution >= 0.6 is 24.8 Å². The minimum absolute atomic E-state index is 0. The van der Waals surface area contributed by atoms with Crippen molar-refractivity contribution in [1.82, 2.24) is 24.6 Å². The first-order valence-electron chi connectivity index (χ1n) is 2.32. The van der Waals surface area contributed by atoms with Gasteiger partial charge in [-0.15, -0.1) is 24.8 Å². The Morgan fingerprint density at radius 3 is 0.786 bits per heavy atom. The summed E-state index contributed by atoms with van der Waals surface area (Å²) in [4.78, 5) is 0. The minimum Gasteiger partial charge on any atom is -0.344 e. The summed E-state index contributed by atoms with van der Waals surface area (Å²) in [7, 11) is 0. The molecule has 0 aliphatic carbocycles. The van der Waals surface area contributed by atoms with Gasteiger partial charge in [0.1, 0.15) is 0 Å². The van der Waals surface area contributed by atoms with Crippen LogP contribution < -0.4 is 36.1 Å². The van der Waals surface area contributed by atoms with Crippen molar-refractivity contribution in [2.45, 2.75) is 12.8 Å². The van der Waals surface area contributed by atoms with Crippen LogP contribution in [0.5, 0.6) is 0 Å². The molecule has 0 amide bonds. The van der Waals surface area contributed by atoms with Gasteiger partial charge in [-0.3, -0.25) is 0 Å². The second-order valence-electron chi connectivity index (χ2n) is 1.28. The average molecular weight is 619 g/mol. The van der Waals surface area contributed by atoms with Crippen LogP contribution in [-0.4, -0.2) is 13.1 Å². The van der Waals surface area contributed by atoms with Crippen LogP contribution in [-0.2, 0) is 42.1 Å². The zero-order valence-corrected chi connectivity index (χ0v) is 14.4. The second kappa shape index (κ2) is 84.7. The van der Waals surface area contributed by atoms with E-state index in [-0.39, 0.29) is 91.5 Å². The van der Waals surface area contributed by atoms with E-state index in [1.54, 1.807) is 0 Å². The zero-order valence-electron chi connectivity index (χ0n) is 8.26. The monoisotopic (exact) mass is 618 g/mol. The van der Waals surface area contributed by atoms with Crippen molar-refractivity contribution in [1.29, 1.82) is 0 Å². The van der Waals surface area contributed by atoms with E-state index in [9.17, 15) is 0 Å². The number of hydrogen-bond donors (Lipinski definition) is 6. The second-order valence-corrected chi connectivity index (χ2v) is 1.28. The fraction of sp³-hybridized carbons (Fsp3) is 1.00. The molecule has 0 spiro atoms. The van der Waals surface area contributed by atoms with Crippen molar-refractivity contribution in [3.05, 3.63) is 0 Å². The smallest absolute Gasteiger partial charge is 0.344 e. The van der Waals surface area contributed by atoms with Gasteiger partial charge in [-0.05, 0) is 25.9 Å². The first-order chi connectivity index (χ1) is 2.91. The summed E-state index contributed by atoms with van der Waals surface area (Å²) in [5, 5.41) is 0. The maximum atomic E-state index is 5.16. The van der Waals surface area contributed by atoms with Gasteiger partial charge in [-0.1, -0.05) is 0 Å². The number of unbranched alkanes of at least 4 members (excludes halogenated alkanes) is 1. The molecule has 0 rings (SSSR count). The van der Waals surface area contributed by atoms with E-state index in [0.717, 1.165) is 25.9 Å². The first kappa shape index (κ1) is 75.5. The van der Waals surface area contributed by atoms with Crippen LogP contribution in [0.25, 0.3) is 0 Å². The van der Waals surface area contributed by atoms with E-state index in [1.165, 1.54) is 0 Å². The normalized spacial score (nSPS) is 3.86. The van der Waals surface area contributed by atoms with E-state index in [2.05, 4.69) is 0 Å². The molecule has 14 heavy (non-hydrogen) atoms. The van der Waals surface area contributed by atoms with Gasteiger partial charge in [0.15, 0.2) is 0 Å². The van der Waals surface area contributed by atoms with E-state index in [0.29, 0.717) is 0 Å². The molecule has 0 unspecified atom stereocenters. The standard InChI is InChI=1S/C4H12N2.2ClH.4H3N.2Pt/c5-3-1-2-4-6;;;;;;;;/h1-6H2;2*1H;4*1H3;;/q;;;;;;;2*+2. The third kappa shape index (κ3) is 99.7. The topological polar surface area (TPSA) is 192 Å². The maximum absolute atomic E-state index is 5.16. The molecular weight excluding hydrogens is 593 g/mol. The van der Waals surface area contributed by atoms with Crippen LogP contribution in [0.2, 0.25) is 0 Å². The van der Waals surface area contributed by atoms with Gasteiger partial charge >= 0.3 is 42.1 Å². The molecule has 10 heteroatoms. The van der Waals surface area contributed by atoms with Gasteiger partial charge in [0.05, 0.1) is 0 Å². The van der Waals surface area contributed by atoms with Crippen LogP contribution in [0.15, 0.2) is 0 Å². The third-order valence-electron chi connectivity index (χ3n) is 0.658. The van der Waals surface area contributed by atoms with Gasteiger partial charge in [0.25, 0.3) is 0 Å². The Morgan fingerprint density at radius 1 is 0.571 bits per heavy atom. The van der Waals surface area contributed by atoms with Crippen LogP contribution in [0.4, 0.5) is 0 Å². The zero-order chi connectivity index (χ0) is 4.83.